The zero-order valence-electron chi connectivity index (χ0n) is 13.6. The summed E-state index contributed by atoms with van der Waals surface area (Å²) in [6.45, 7) is 0. The first kappa shape index (κ1) is 18.4. The van der Waals surface area contributed by atoms with Gasteiger partial charge < -0.3 is 5.32 Å². The Morgan fingerprint density at radius 2 is 2.00 bits per heavy atom. The summed E-state index contributed by atoms with van der Waals surface area (Å²) >= 11 is 8.72. The maximum atomic E-state index is 11.8. The van der Waals surface area contributed by atoms with Gasteiger partial charge in [-0.2, -0.15) is 0 Å². The smallest absolute Gasteiger partial charge is 0.321 e. The molecule has 0 atom stereocenters. The minimum absolute atomic E-state index is 0.0313. The summed E-state index contributed by atoms with van der Waals surface area (Å²) in [5.74, 6) is 0.290. The van der Waals surface area contributed by atoms with Gasteiger partial charge in [0.1, 0.15) is 0 Å². The van der Waals surface area contributed by atoms with Gasteiger partial charge >= 0.3 is 6.03 Å². The van der Waals surface area contributed by atoms with E-state index in [1.54, 1.807) is 23.5 Å². The molecule has 0 unspecified atom stereocenters. The molecule has 0 radical (unpaired) electrons. The Kier molecular flexibility index (Phi) is 5.92. The van der Waals surface area contributed by atoms with Crippen LogP contribution in [0.2, 0.25) is 5.02 Å². The van der Waals surface area contributed by atoms with Crippen molar-refractivity contribution >= 4 is 46.6 Å². The third-order valence-electron chi connectivity index (χ3n) is 3.27. The molecule has 2 aromatic heterocycles. The number of nitrogens with one attached hydrogen (secondary N) is 2. The number of amides is 3. The third-order valence-corrected chi connectivity index (χ3v) is 5.32. The summed E-state index contributed by atoms with van der Waals surface area (Å²) < 4.78 is 1.86. The minimum Gasteiger partial charge on any atom is -0.341 e. The van der Waals surface area contributed by atoms with Crippen LogP contribution in [0.15, 0.2) is 46.9 Å². The average Bonchev–Trinajstić information content (AvgIpc) is 3.30. The lowest BCUT2D eigenvalue weighted by molar-refractivity contribution is -0.117. The summed E-state index contributed by atoms with van der Waals surface area (Å²) in [6.07, 6.45) is 0. The second-order valence-corrected chi connectivity index (χ2v) is 7.34. The summed E-state index contributed by atoms with van der Waals surface area (Å²) in [5.41, 5.74) is 0.831. The molecule has 0 bridgehead atoms. The number of aromatic nitrogens is 3. The maximum absolute atomic E-state index is 11.8. The molecule has 0 aliphatic carbocycles. The Morgan fingerprint density at radius 3 is 2.65 bits per heavy atom. The molecule has 0 saturated heterocycles. The molecule has 0 fully saturated rings. The Labute approximate surface area is 162 Å². The quantitative estimate of drug-likeness (QED) is 0.634. The van der Waals surface area contributed by atoms with Crippen molar-refractivity contribution in [2.75, 3.05) is 12.8 Å². The molecule has 3 aromatic rings. The fourth-order valence-electron chi connectivity index (χ4n) is 2.11. The largest absolute Gasteiger partial charge is 0.341 e. The predicted octanol–water partition coefficient (Wildman–Crippen LogP) is 3.20. The van der Waals surface area contributed by atoms with Gasteiger partial charge in [0.2, 0.25) is 5.91 Å². The molecule has 0 aliphatic heterocycles. The van der Waals surface area contributed by atoms with E-state index in [4.69, 9.17) is 11.6 Å². The number of hydrogen-bond acceptors (Lipinski definition) is 6. The number of carbonyl (C=O) groups is 2. The Morgan fingerprint density at radius 1 is 1.23 bits per heavy atom. The van der Waals surface area contributed by atoms with Gasteiger partial charge in [0.05, 0.1) is 10.6 Å². The van der Waals surface area contributed by atoms with E-state index in [0.717, 1.165) is 10.6 Å². The first-order valence-electron chi connectivity index (χ1n) is 7.48. The number of thioether (sulfide) groups is 1. The van der Waals surface area contributed by atoms with Crippen LogP contribution in [0.4, 0.5) is 4.79 Å². The SMILES string of the molecule is CNC(=O)NC(=O)CSc1nnc(-c2cccs2)n1-c1ccc(Cl)cc1. The van der Waals surface area contributed by atoms with Crippen molar-refractivity contribution in [3.63, 3.8) is 0 Å². The number of carbonyl (C=O) groups excluding carboxylic acids is 2. The van der Waals surface area contributed by atoms with Crippen molar-refractivity contribution in [1.82, 2.24) is 25.4 Å². The van der Waals surface area contributed by atoms with Crippen molar-refractivity contribution in [2.24, 2.45) is 0 Å². The molecule has 3 amide bonds. The fraction of sp³-hybridized carbons (Fsp3) is 0.125. The predicted molar refractivity (Wildman–Crippen MR) is 103 cm³/mol. The molecule has 1 aromatic carbocycles. The van der Waals surface area contributed by atoms with E-state index in [1.807, 2.05) is 34.2 Å². The first-order chi connectivity index (χ1) is 12.6. The number of benzene rings is 1. The molecule has 0 spiro atoms. The minimum atomic E-state index is -0.547. The highest BCUT2D eigenvalue weighted by Crippen LogP contribution is 2.30. The maximum Gasteiger partial charge on any atom is 0.321 e. The molecule has 0 saturated carbocycles. The van der Waals surface area contributed by atoms with E-state index in [1.165, 1.54) is 18.8 Å². The van der Waals surface area contributed by atoms with Crippen LogP contribution < -0.4 is 10.6 Å². The van der Waals surface area contributed by atoms with Gasteiger partial charge in [-0.1, -0.05) is 29.4 Å². The Hall–Kier alpha value is -2.36. The van der Waals surface area contributed by atoms with E-state index >= 15 is 0 Å². The van der Waals surface area contributed by atoms with Gasteiger partial charge in [0.15, 0.2) is 11.0 Å². The molecule has 3 rings (SSSR count). The van der Waals surface area contributed by atoms with E-state index in [0.29, 0.717) is 16.0 Å². The molecule has 26 heavy (non-hydrogen) atoms. The zero-order valence-corrected chi connectivity index (χ0v) is 16.0. The molecule has 134 valence electrons. The lowest BCUT2D eigenvalue weighted by atomic mass is 10.3. The van der Waals surface area contributed by atoms with Crippen LogP contribution in [0.1, 0.15) is 0 Å². The van der Waals surface area contributed by atoms with Crippen molar-refractivity contribution in [1.29, 1.82) is 0 Å². The van der Waals surface area contributed by atoms with Crippen LogP contribution in [0, 0.1) is 0 Å². The Balaban J connectivity index is 1.89. The van der Waals surface area contributed by atoms with Crippen LogP contribution >= 0.6 is 34.7 Å². The molecule has 2 heterocycles. The highest BCUT2D eigenvalue weighted by Gasteiger charge is 2.18. The monoisotopic (exact) mass is 407 g/mol. The number of halogens is 1. The van der Waals surface area contributed by atoms with E-state index in [-0.39, 0.29) is 5.75 Å². The van der Waals surface area contributed by atoms with Gasteiger partial charge in [-0.25, -0.2) is 4.79 Å². The number of nitrogens with zero attached hydrogens (tertiary/aromatic N) is 3. The van der Waals surface area contributed by atoms with Crippen LogP contribution in [-0.4, -0.2) is 39.5 Å². The van der Waals surface area contributed by atoms with Crippen LogP contribution in [0.25, 0.3) is 16.4 Å². The van der Waals surface area contributed by atoms with E-state index in [2.05, 4.69) is 20.8 Å². The van der Waals surface area contributed by atoms with Crippen LogP contribution in [-0.2, 0) is 4.79 Å². The first-order valence-corrected chi connectivity index (χ1v) is 9.72. The average molecular weight is 408 g/mol. The third kappa shape index (κ3) is 4.24. The normalized spacial score (nSPS) is 10.5. The molecule has 2 N–H and O–H groups in total. The summed E-state index contributed by atoms with van der Waals surface area (Å²) in [7, 11) is 1.44. The summed E-state index contributed by atoms with van der Waals surface area (Å²) in [5, 5.41) is 16.2. The molecule has 0 aliphatic rings. The Bertz CT molecular complexity index is 909. The fourth-order valence-corrected chi connectivity index (χ4v) is 3.68. The lowest BCUT2D eigenvalue weighted by Crippen LogP contribution is -2.38. The summed E-state index contributed by atoms with van der Waals surface area (Å²) in [4.78, 5) is 24.0. The van der Waals surface area contributed by atoms with Crippen LogP contribution in [0.5, 0.6) is 0 Å². The second kappa shape index (κ2) is 8.35. The van der Waals surface area contributed by atoms with Crippen molar-refractivity contribution < 1.29 is 9.59 Å². The van der Waals surface area contributed by atoms with Gasteiger partial charge in [-0.15, -0.1) is 21.5 Å². The number of imide groups is 1. The van der Waals surface area contributed by atoms with Crippen molar-refractivity contribution in [2.45, 2.75) is 5.16 Å². The highest BCUT2D eigenvalue weighted by molar-refractivity contribution is 7.99. The molecule has 10 heteroatoms. The van der Waals surface area contributed by atoms with Crippen molar-refractivity contribution in [3.05, 3.63) is 46.8 Å². The number of rotatable bonds is 5. The van der Waals surface area contributed by atoms with Crippen LogP contribution in [0.3, 0.4) is 0 Å². The molecular formula is C16H14ClN5O2S2. The standard InChI is InChI=1S/C16H14ClN5O2S2/c1-18-15(24)19-13(23)9-26-16-21-20-14(12-3-2-8-25-12)22(16)11-6-4-10(17)5-7-11/h2-8H,9H2,1H3,(H2,18,19,23,24). The van der Waals surface area contributed by atoms with E-state index < -0.39 is 11.9 Å². The van der Waals surface area contributed by atoms with Gasteiger partial charge in [-0.05, 0) is 35.7 Å². The topological polar surface area (TPSA) is 88.9 Å². The van der Waals surface area contributed by atoms with Crippen molar-refractivity contribution in [3.8, 4) is 16.4 Å². The highest BCUT2D eigenvalue weighted by atomic mass is 35.5. The number of thiophene rings is 1. The molecular weight excluding hydrogens is 394 g/mol. The lowest BCUT2D eigenvalue weighted by Gasteiger charge is -2.09. The zero-order chi connectivity index (χ0) is 18.5. The van der Waals surface area contributed by atoms with Gasteiger partial charge in [0, 0.05) is 17.8 Å². The number of hydrogen-bond donors (Lipinski definition) is 2. The molecule has 7 nitrogen and oxygen atoms in total. The number of urea groups is 1. The van der Waals surface area contributed by atoms with Gasteiger partial charge in [0.25, 0.3) is 0 Å². The summed E-state index contributed by atoms with van der Waals surface area (Å²) in [6, 6.07) is 10.6. The van der Waals surface area contributed by atoms with E-state index in [9.17, 15) is 9.59 Å². The second-order valence-electron chi connectivity index (χ2n) is 5.01. The van der Waals surface area contributed by atoms with Gasteiger partial charge in [-0.3, -0.25) is 14.7 Å².